The quantitative estimate of drug-likeness (QED) is 0.327. The van der Waals surface area contributed by atoms with Gasteiger partial charge < -0.3 is 14.5 Å². The fraction of sp³-hybridized carbons (Fsp3) is 1.00. The highest BCUT2D eigenvalue weighted by molar-refractivity contribution is 8.60. The van der Waals surface area contributed by atoms with Gasteiger partial charge in [-0.25, -0.2) is 0 Å². The van der Waals surface area contributed by atoms with Crippen LogP contribution >= 0.6 is 17.9 Å². The van der Waals surface area contributed by atoms with Crippen LogP contribution in [0.15, 0.2) is 0 Å². The lowest BCUT2D eigenvalue weighted by atomic mass is 10.2. The molecule has 0 atom stereocenters. The Morgan fingerprint density at radius 2 is 1.22 bits per heavy atom. The molecule has 0 amide bonds. The first-order chi connectivity index (χ1) is 8.12. The van der Waals surface area contributed by atoms with Crippen molar-refractivity contribution in [1.29, 1.82) is 0 Å². The Kier molecular flexibility index (Phi) is 16.8. The summed E-state index contributed by atoms with van der Waals surface area (Å²) < 4.78 is 11.1. The highest BCUT2D eigenvalue weighted by Crippen LogP contribution is 2.53. The minimum atomic E-state index is -2.26. The molecule has 0 radical (unpaired) electrons. The van der Waals surface area contributed by atoms with Gasteiger partial charge in [-0.2, -0.15) is 0 Å². The van der Waals surface area contributed by atoms with E-state index in [4.69, 9.17) is 20.9 Å². The lowest BCUT2D eigenvalue weighted by Crippen LogP contribution is -1.95. The zero-order valence-electron chi connectivity index (χ0n) is 11.7. The molecule has 0 aliphatic heterocycles. The fourth-order valence-electron chi connectivity index (χ4n) is 1.45. The molecule has 0 aliphatic carbocycles. The highest BCUT2D eigenvalue weighted by Gasteiger charge is 2.11. The number of thiol groups is 1. The van der Waals surface area contributed by atoms with Gasteiger partial charge in [0.2, 0.25) is 5.69 Å². The maximum absolute atomic E-state index is 5.55. The molecular weight excluding hydrogens is 287 g/mol. The number of rotatable bonds is 12. The van der Waals surface area contributed by atoms with Crippen LogP contribution in [0.2, 0.25) is 0 Å². The van der Waals surface area contributed by atoms with Crippen molar-refractivity contribution >= 4 is 29.7 Å². The van der Waals surface area contributed by atoms with E-state index in [1.54, 1.807) is 0 Å². The molecule has 0 fully saturated rings. The van der Waals surface area contributed by atoms with Gasteiger partial charge in [0.05, 0.1) is 13.2 Å². The molecule has 0 rings (SSSR count). The van der Waals surface area contributed by atoms with Crippen molar-refractivity contribution in [2.24, 2.45) is 0 Å². The van der Waals surface area contributed by atoms with Crippen molar-refractivity contribution in [3.05, 3.63) is 0 Å². The Bertz CT molecular complexity index is 197. The van der Waals surface area contributed by atoms with E-state index >= 15 is 0 Å². The molecule has 0 saturated heterocycles. The van der Waals surface area contributed by atoms with Crippen LogP contribution in [0.25, 0.3) is 0 Å². The molecule has 0 aromatic heterocycles. The summed E-state index contributed by atoms with van der Waals surface area (Å²) in [5, 5.41) is 0. The summed E-state index contributed by atoms with van der Waals surface area (Å²) in [4.78, 5) is 0. The van der Waals surface area contributed by atoms with Crippen molar-refractivity contribution in [2.75, 3.05) is 13.2 Å². The predicted molar refractivity (Wildman–Crippen MR) is 87.1 cm³/mol. The predicted octanol–water partition coefficient (Wildman–Crippen LogP) is 4.51. The standard InChI is InChI=1S/C12H27O2PS2.H2O/c1-3-5-7-9-11-13-15(16,17)14-12-10-8-6-4-2;/h3-12H2,1-2H3,(H,16,17);1H2. The smallest absolute Gasteiger partial charge is 0.244 e. The Morgan fingerprint density at radius 1 is 0.833 bits per heavy atom. The molecule has 0 spiro atoms. The third kappa shape index (κ3) is 14.9. The topological polar surface area (TPSA) is 50.0 Å². The monoisotopic (exact) mass is 316 g/mol. The first-order valence-corrected chi connectivity index (χ1v) is 10.5. The summed E-state index contributed by atoms with van der Waals surface area (Å²) in [6.45, 7) is 5.78. The molecule has 0 saturated carbocycles. The van der Waals surface area contributed by atoms with Gasteiger partial charge in [0.25, 0.3) is 0 Å². The van der Waals surface area contributed by atoms with Gasteiger partial charge in [-0.3, -0.25) is 0 Å². The van der Waals surface area contributed by atoms with Crippen LogP contribution in [0, 0.1) is 0 Å². The molecule has 0 unspecified atom stereocenters. The van der Waals surface area contributed by atoms with Crippen LogP contribution in [0.5, 0.6) is 0 Å². The van der Waals surface area contributed by atoms with Crippen molar-refractivity contribution in [3.8, 4) is 0 Å². The molecule has 0 aliphatic rings. The molecule has 2 N–H and O–H groups in total. The van der Waals surface area contributed by atoms with Gasteiger partial charge in [0, 0.05) is 0 Å². The van der Waals surface area contributed by atoms with Gasteiger partial charge in [-0.05, 0) is 24.6 Å². The first-order valence-electron chi connectivity index (χ1n) is 6.74. The van der Waals surface area contributed by atoms with E-state index in [-0.39, 0.29) is 5.48 Å². The summed E-state index contributed by atoms with van der Waals surface area (Å²) in [5.41, 5.74) is -2.26. The van der Waals surface area contributed by atoms with Crippen LogP contribution in [0.3, 0.4) is 0 Å². The van der Waals surface area contributed by atoms with Gasteiger partial charge in [-0.1, -0.05) is 64.6 Å². The first kappa shape index (κ1) is 21.2. The summed E-state index contributed by atoms with van der Waals surface area (Å²) in [6.07, 6.45) is 9.53. The zero-order chi connectivity index (χ0) is 13.0. The summed E-state index contributed by atoms with van der Waals surface area (Å²) >= 11 is 9.55. The Morgan fingerprint density at radius 3 is 1.56 bits per heavy atom. The molecular formula is C12H29O3PS2. The van der Waals surface area contributed by atoms with E-state index in [0.29, 0.717) is 13.2 Å². The van der Waals surface area contributed by atoms with E-state index in [9.17, 15) is 0 Å². The van der Waals surface area contributed by atoms with Crippen LogP contribution in [-0.2, 0) is 20.9 Å². The number of hydrogen-bond acceptors (Lipinski definition) is 3. The van der Waals surface area contributed by atoms with Gasteiger partial charge >= 0.3 is 0 Å². The molecule has 0 heterocycles. The normalized spacial score (nSPS) is 11.3. The average Bonchev–Trinajstić information content (AvgIpc) is 2.28. The second-order valence-electron chi connectivity index (χ2n) is 4.26. The molecule has 3 nitrogen and oxygen atoms in total. The third-order valence-electron chi connectivity index (χ3n) is 2.50. The number of unbranched alkanes of at least 4 members (excludes halogenated alkanes) is 6. The molecule has 112 valence electrons. The average molecular weight is 316 g/mol. The van der Waals surface area contributed by atoms with E-state index in [1.807, 2.05) is 0 Å². The second kappa shape index (κ2) is 14.3. The minimum absolute atomic E-state index is 0. The van der Waals surface area contributed by atoms with Crippen molar-refractivity contribution < 1.29 is 14.5 Å². The third-order valence-corrected chi connectivity index (χ3v) is 4.85. The molecule has 0 aromatic rings. The second-order valence-corrected chi connectivity index (χ2v) is 9.54. The van der Waals surface area contributed by atoms with Crippen LogP contribution in [0.4, 0.5) is 0 Å². The molecule has 18 heavy (non-hydrogen) atoms. The van der Waals surface area contributed by atoms with Crippen molar-refractivity contribution in [1.82, 2.24) is 0 Å². The van der Waals surface area contributed by atoms with Crippen LogP contribution < -0.4 is 0 Å². The lowest BCUT2D eigenvalue weighted by Gasteiger charge is -2.16. The summed E-state index contributed by atoms with van der Waals surface area (Å²) in [5.74, 6) is 0. The summed E-state index contributed by atoms with van der Waals surface area (Å²) in [6, 6.07) is 0. The fourth-order valence-corrected chi connectivity index (χ4v) is 3.19. The number of hydrogen-bond donors (Lipinski definition) is 1. The lowest BCUT2D eigenvalue weighted by molar-refractivity contribution is 0.250. The van der Waals surface area contributed by atoms with Gasteiger partial charge in [0.15, 0.2) is 0 Å². The Hall–Kier alpha value is 0.880. The van der Waals surface area contributed by atoms with Crippen LogP contribution in [-0.4, -0.2) is 18.7 Å². The van der Waals surface area contributed by atoms with E-state index in [2.05, 4.69) is 26.1 Å². The molecule has 6 heteroatoms. The van der Waals surface area contributed by atoms with Crippen LogP contribution in [0.1, 0.15) is 65.2 Å². The minimum Gasteiger partial charge on any atom is -0.412 e. The molecule has 0 bridgehead atoms. The maximum Gasteiger partial charge on any atom is 0.244 e. The summed E-state index contributed by atoms with van der Waals surface area (Å²) in [7, 11) is 0. The highest BCUT2D eigenvalue weighted by atomic mass is 32.9. The largest absolute Gasteiger partial charge is 0.412 e. The Labute approximate surface area is 123 Å². The SMILES string of the molecule is CCCCCCOP(=S)(S)OCCCCCC.O. The Balaban J connectivity index is 0. The van der Waals surface area contributed by atoms with E-state index in [0.717, 1.165) is 12.8 Å². The maximum atomic E-state index is 5.55. The van der Waals surface area contributed by atoms with E-state index in [1.165, 1.54) is 38.5 Å². The van der Waals surface area contributed by atoms with E-state index < -0.39 is 5.69 Å². The zero-order valence-corrected chi connectivity index (χ0v) is 14.3. The van der Waals surface area contributed by atoms with Gasteiger partial charge in [0.1, 0.15) is 0 Å². The van der Waals surface area contributed by atoms with Crippen molar-refractivity contribution in [2.45, 2.75) is 65.2 Å². The van der Waals surface area contributed by atoms with Gasteiger partial charge in [-0.15, -0.1) is 0 Å². The van der Waals surface area contributed by atoms with Crippen molar-refractivity contribution in [3.63, 3.8) is 0 Å². The molecule has 0 aromatic carbocycles.